The van der Waals surface area contributed by atoms with E-state index >= 15 is 0 Å². The number of H-pyrrole nitrogens is 2. The molecule has 3 aromatic heterocycles. The van der Waals surface area contributed by atoms with Gasteiger partial charge in [-0.25, -0.2) is 29.9 Å². The first-order valence-electron chi connectivity index (χ1n) is 26.8. The minimum Gasteiger partial charge on any atom is -0.396 e. The van der Waals surface area contributed by atoms with Gasteiger partial charge in [0.15, 0.2) is 23.3 Å². The van der Waals surface area contributed by atoms with E-state index in [9.17, 15) is 40.9 Å². The molecule has 0 aliphatic carbocycles. The van der Waals surface area contributed by atoms with Crippen LogP contribution < -0.4 is 0 Å². The predicted octanol–water partition coefficient (Wildman–Crippen LogP) is 10.7. The summed E-state index contributed by atoms with van der Waals surface area (Å²) in [5.74, 6) is 7.25. The summed E-state index contributed by atoms with van der Waals surface area (Å²) in [7, 11) is 0. The lowest BCUT2D eigenvalue weighted by Gasteiger charge is -2.12. The highest BCUT2D eigenvalue weighted by Crippen LogP contribution is 2.47. The Morgan fingerprint density at radius 3 is 0.600 bits per heavy atom. The Morgan fingerprint density at radius 1 is 0.250 bits per heavy atom. The maximum atomic E-state index is 9.83. The van der Waals surface area contributed by atoms with Gasteiger partial charge in [-0.05, 0) is 99.9 Å². The molecule has 80 heavy (non-hydrogen) atoms. The van der Waals surface area contributed by atoms with Crippen molar-refractivity contribution in [3.05, 3.63) is 48.5 Å². The van der Waals surface area contributed by atoms with Crippen LogP contribution in [0, 0.1) is 0 Å². The predicted molar refractivity (Wildman–Crippen MR) is 335 cm³/mol. The first-order chi connectivity index (χ1) is 39.3. The molecule has 0 spiro atoms. The van der Waals surface area contributed by atoms with Crippen molar-refractivity contribution < 1.29 is 40.9 Å². The topological polar surface area (TPSA) is 271 Å². The van der Waals surface area contributed by atoms with Crippen LogP contribution in [-0.2, 0) is 0 Å². The summed E-state index contributed by atoms with van der Waals surface area (Å²) >= 11 is 13.3. The van der Waals surface area contributed by atoms with Crippen molar-refractivity contribution >= 4 is 138 Å². The Balaban J connectivity index is 1.41. The number of nitrogens with zero attached hydrogens (tertiary/aromatic N) is 6. The first kappa shape index (κ1) is 61.3. The van der Waals surface area contributed by atoms with E-state index in [4.69, 9.17) is 29.9 Å². The molecule has 10 N–H and O–H groups in total. The molecule has 0 radical (unpaired) electrons. The number of benzene rings is 4. The summed E-state index contributed by atoms with van der Waals surface area (Å²) in [5.41, 5.74) is 5.19. The minimum atomic E-state index is 0.0649. The first-order valence-corrected chi connectivity index (χ1v) is 34.7. The highest BCUT2D eigenvalue weighted by Gasteiger charge is 2.27. The van der Waals surface area contributed by atoms with Crippen LogP contribution in [0.3, 0.4) is 0 Å². The SMILES string of the molecule is OCCCSc1cc2c(cc1SCCCO)-c1nc-2nc2[nH]c(nc3nc(nc4[nH]c(n1)c1cc(SCCCO)c(SCCCO)cc41)-c1cc(SCCCO)c(SCCCO)cc1-3)c1cc(SCCCO)c(SCCCO)cc21. The second-order valence-electron chi connectivity index (χ2n) is 18.4. The number of aromatic amines is 2. The van der Waals surface area contributed by atoms with E-state index in [2.05, 4.69) is 58.5 Å². The van der Waals surface area contributed by atoms with Crippen LogP contribution in [0.2, 0.25) is 0 Å². The van der Waals surface area contributed by atoms with Gasteiger partial charge in [0.25, 0.3) is 0 Å². The van der Waals surface area contributed by atoms with Gasteiger partial charge < -0.3 is 50.8 Å². The second-order valence-corrected chi connectivity index (χ2v) is 27.5. The van der Waals surface area contributed by atoms with Crippen LogP contribution in [0.15, 0.2) is 87.7 Å². The number of thioether (sulfide) groups is 8. The normalized spacial score (nSPS) is 12.1. The van der Waals surface area contributed by atoms with Crippen LogP contribution in [0.25, 0.3) is 89.7 Å². The molecule has 426 valence electrons. The zero-order valence-corrected chi connectivity index (χ0v) is 50.6. The molecule has 16 nitrogen and oxygen atoms in total. The van der Waals surface area contributed by atoms with Crippen LogP contribution in [0.1, 0.15) is 51.4 Å². The monoisotopic (exact) mass is 1230 g/mol. The molecule has 24 heteroatoms. The molecule has 9 rings (SSSR count). The van der Waals surface area contributed by atoms with Gasteiger partial charge in [-0.15, -0.1) is 94.1 Å². The number of hydrogen-bond donors (Lipinski definition) is 10. The van der Waals surface area contributed by atoms with Gasteiger partial charge in [0, 0.05) is 182 Å². The summed E-state index contributed by atoms with van der Waals surface area (Å²) in [4.78, 5) is 47.7. The maximum Gasteiger partial charge on any atom is 0.164 e. The lowest BCUT2D eigenvalue weighted by atomic mass is 10.1. The maximum absolute atomic E-state index is 9.83. The fraction of sp³-hybridized carbons (Fsp3) is 0.429. The molecule has 2 aliphatic rings. The third-order valence-corrected chi connectivity index (χ3v) is 22.2. The molecular weight excluding hydrogens is 1170 g/mol. The number of aliphatic hydroxyl groups excluding tert-OH is 8. The number of aromatic nitrogens is 8. The van der Waals surface area contributed by atoms with Crippen molar-refractivity contribution in [3.8, 4) is 45.6 Å². The number of fused-ring (bicyclic) bond motifs is 20. The number of nitrogens with one attached hydrogen (secondary N) is 2. The second kappa shape index (κ2) is 31.0. The Bertz CT molecular complexity index is 2990. The molecule has 0 saturated carbocycles. The molecule has 0 atom stereocenters. The molecule has 0 amide bonds. The summed E-state index contributed by atoms with van der Waals surface area (Å²) in [6.07, 6.45) is 4.89. The van der Waals surface area contributed by atoms with Crippen LogP contribution in [0.5, 0.6) is 0 Å². The van der Waals surface area contributed by atoms with Gasteiger partial charge in [-0.3, -0.25) is 0 Å². The van der Waals surface area contributed by atoms with Crippen molar-refractivity contribution in [1.82, 2.24) is 39.9 Å². The molecule has 0 unspecified atom stereocenters. The molecule has 5 heterocycles. The standard InChI is InChI=1S/C56H66N8O8S8/c65-9-1-17-73-41-25-33-34(26-42(41)74-18-2-10-66)50-57-49(33)61-51-35-27-43(75-19-3-11-67)44(76-20-4-12-68)28-36(35)53(58-51)63-55-39-31-47(79-23-7-15-71)48(80-24-8-16-72)32-40(39)56(60-55)64-54-38-30-46(78-22-6-14-70)45(77-21-5-13-69)29-37(38)52(59-54)62-50/h25-32,65-72H,1-24H2,(H2,57,58,59,60,61,62,63,64). The molecule has 2 aliphatic heterocycles. The van der Waals surface area contributed by atoms with Crippen LogP contribution >= 0.6 is 94.1 Å². The average molecular weight is 1240 g/mol. The van der Waals surface area contributed by atoms with E-state index in [1.807, 2.05) is 0 Å². The van der Waals surface area contributed by atoms with Gasteiger partial charge in [0.05, 0.1) is 0 Å². The summed E-state index contributed by atoms with van der Waals surface area (Å²) in [6.45, 7) is 0.522. The summed E-state index contributed by atoms with van der Waals surface area (Å²) < 4.78 is 0. The highest BCUT2D eigenvalue weighted by molar-refractivity contribution is 8.03. The third-order valence-electron chi connectivity index (χ3n) is 12.6. The van der Waals surface area contributed by atoms with Crippen molar-refractivity contribution in [2.24, 2.45) is 0 Å². The fourth-order valence-electron chi connectivity index (χ4n) is 8.69. The lowest BCUT2D eigenvalue weighted by molar-refractivity contribution is 0.296. The van der Waals surface area contributed by atoms with E-state index in [-0.39, 0.29) is 52.9 Å². The summed E-state index contributed by atoms with van der Waals surface area (Å²) in [5, 5.41) is 81.8. The van der Waals surface area contributed by atoms with Gasteiger partial charge in [0.1, 0.15) is 22.6 Å². The van der Waals surface area contributed by atoms with E-state index in [1.54, 1.807) is 94.1 Å². The minimum absolute atomic E-state index is 0.0649. The number of aliphatic hydroxyl groups is 8. The van der Waals surface area contributed by atoms with Crippen molar-refractivity contribution in [3.63, 3.8) is 0 Å². The number of rotatable bonds is 32. The van der Waals surface area contributed by atoms with Crippen LogP contribution in [0.4, 0.5) is 0 Å². The molecule has 8 bridgehead atoms. The molecule has 4 aromatic carbocycles. The number of hydrogen-bond acceptors (Lipinski definition) is 22. The van der Waals surface area contributed by atoms with Gasteiger partial charge in [-0.1, -0.05) is 0 Å². The van der Waals surface area contributed by atoms with Crippen LogP contribution in [-0.4, -0.2) is 180 Å². The van der Waals surface area contributed by atoms with E-state index < -0.39 is 0 Å². The lowest BCUT2D eigenvalue weighted by Crippen LogP contribution is -1.92. The zero-order chi connectivity index (χ0) is 55.8. The Morgan fingerprint density at radius 2 is 0.425 bits per heavy atom. The zero-order valence-electron chi connectivity index (χ0n) is 44.1. The Labute approximate surface area is 498 Å². The molecule has 0 fully saturated rings. The quantitative estimate of drug-likeness (QED) is 0.0139. The Kier molecular flexibility index (Phi) is 23.8. The highest BCUT2D eigenvalue weighted by atomic mass is 32.2. The summed E-state index contributed by atoms with van der Waals surface area (Å²) in [6, 6.07) is 17.0. The van der Waals surface area contributed by atoms with Gasteiger partial charge in [0.2, 0.25) is 0 Å². The average Bonchev–Trinajstić information content (AvgIpc) is 4.23. The van der Waals surface area contributed by atoms with E-state index in [1.165, 1.54) is 0 Å². The third kappa shape index (κ3) is 15.0. The van der Waals surface area contributed by atoms with E-state index in [0.29, 0.717) is 143 Å². The largest absolute Gasteiger partial charge is 0.396 e. The van der Waals surface area contributed by atoms with Gasteiger partial charge in [-0.2, -0.15) is 0 Å². The van der Waals surface area contributed by atoms with Crippen molar-refractivity contribution in [2.75, 3.05) is 98.9 Å². The van der Waals surface area contributed by atoms with Crippen molar-refractivity contribution in [2.45, 2.75) is 90.5 Å². The fourth-order valence-corrected chi connectivity index (χ4v) is 17.3. The Hall–Kier alpha value is -3.28. The molecular formula is C56H66N8O8S8. The molecule has 0 saturated heterocycles. The molecule has 7 aromatic rings. The van der Waals surface area contributed by atoms with Gasteiger partial charge >= 0.3 is 0 Å². The van der Waals surface area contributed by atoms with Crippen molar-refractivity contribution in [1.29, 1.82) is 0 Å². The smallest absolute Gasteiger partial charge is 0.164 e. The van der Waals surface area contributed by atoms with E-state index in [0.717, 1.165) is 83.0 Å².